The molecule has 0 saturated carbocycles. The smallest absolute Gasteiger partial charge is 0.310 e. The van der Waals surface area contributed by atoms with Gasteiger partial charge >= 0.3 is 5.97 Å². The molecule has 1 aromatic rings. The highest BCUT2D eigenvalue weighted by atomic mass is 16.4. The zero-order valence-corrected chi connectivity index (χ0v) is 10.3. The SMILES string of the molecule is CNC(C)c1ccn(CC(C)(C)C(=O)O)c1. The van der Waals surface area contributed by atoms with E-state index in [1.807, 2.05) is 30.1 Å². The van der Waals surface area contributed by atoms with Crippen LogP contribution in [0.2, 0.25) is 0 Å². The largest absolute Gasteiger partial charge is 0.481 e. The number of hydrogen-bond donors (Lipinski definition) is 2. The van der Waals surface area contributed by atoms with Crippen LogP contribution in [0.5, 0.6) is 0 Å². The predicted molar refractivity (Wildman–Crippen MR) is 63.3 cm³/mol. The maximum Gasteiger partial charge on any atom is 0.310 e. The Morgan fingerprint density at radius 1 is 1.62 bits per heavy atom. The highest BCUT2D eigenvalue weighted by Crippen LogP contribution is 2.20. The number of carboxylic acid groups (broad SMARTS) is 1. The van der Waals surface area contributed by atoms with Crippen molar-refractivity contribution in [3.63, 3.8) is 0 Å². The van der Waals surface area contributed by atoms with Gasteiger partial charge < -0.3 is 15.0 Å². The Labute approximate surface area is 96.3 Å². The number of hydrogen-bond acceptors (Lipinski definition) is 2. The van der Waals surface area contributed by atoms with Gasteiger partial charge in [-0.3, -0.25) is 4.79 Å². The van der Waals surface area contributed by atoms with Crippen LogP contribution in [0.1, 0.15) is 32.4 Å². The minimum Gasteiger partial charge on any atom is -0.481 e. The summed E-state index contributed by atoms with van der Waals surface area (Å²) in [5, 5.41) is 12.2. The minimum atomic E-state index is -0.774. The lowest BCUT2D eigenvalue weighted by atomic mass is 9.94. The van der Waals surface area contributed by atoms with Gasteiger partial charge in [0.05, 0.1) is 5.41 Å². The second-order valence-corrected chi connectivity index (χ2v) is 4.82. The Morgan fingerprint density at radius 3 is 2.75 bits per heavy atom. The maximum atomic E-state index is 11.0. The average Bonchev–Trinajstić information content (AvgIpc) is 2.64. The van der Waals surface area contributed by atoms with Crippen molar-refractivity contribution in [2.24, 2.45) is 5.41 Å². The number of carbonyl (C=O) groups is 1. The molecular formula is C12H20N2O2. The number of aliphatic carboxylic acids is 1. The van der Waals surface area contributed by atoms with Gasteiger partial charge in [-0.2, -0.15) is 0 Å². The number of aromatic nitrogens is 1. The number of nitrogens with one attached hydrogen (secondary N) is 1. The van der Waals surface area contributed by atoms with Crippen LogP contribution in [0, 0.1) is 5.41 Å². The van der Waals surface area contributed by atoms with Gasteiger partial charge in [0.15, 0.2) is 0 Å². The second kappa shape index (κ2) is 4.70. The molecular weight excluding hydrogens is 204 g/mol. The van der Waals surface area contributed by atoms with E-state index >= 15 is 0 Å². The van der Waals surface area contributed by atoms with Gasteiger partial charge in [0.1, 0.15) is 0 Å². The molecule has 0 radical (unpaired) electrons. The van der Waals surface area contributed by atoms with Gasteiger partial charge in [-0.1, -0.05) is 0 Å². The summed E-state index contributed by atoms with van der Waals surface area (Å²) in [6.45, 7) is 6.02. The molecule has 90 valence electrons. The summed E-state index contributed by atoms with van der Waals surface area (Å²) in [5.41, 5.74) is 0.433. The van der Waals surface area contributed by atoms with Crippen molar-refractivity contribution < 1.29 is 9.90 Å². The van der Waals surface area contributed by atoms with E-state index in [4.69, 9.17) is 5.11 Å². The normalized spacial score (nSPS) is 13.8. The highest BCUT2D eigenvalue weighted by Gasteiger charge is 2.27. The van der Waals surface area contributed by atoms with E-state index in [0.29, 0.717) is 6.54 Å². The number of nitrogens with zero attached hydrogens (tertiary/aromatic N) is 1. The molecule has 0 aromatic carbocycles. The van der Waals surface area contributed by atoms with Crippen LogP contribution in [0.25, 0.3) is 0 Å². The molecule has 0 aliphatic heterocycles. The van der Waals surface area contributed by atoms with Crippen LogP contribution in [0.4, 0.5) is 0 Å². The molecule has 16 heavy (non-hydrogen) atoms. The van der Waals surface area contributed by atoms with Crippen LogP contribution >= 0.6 is 0 Å². The van der Waals surface area contributed by atoms with E-state index in [1.165, 1.54) is 5.56 Å². The third kappa shape index (κ3) is 2.85. The second-order valence-electron chi connectivity index (χ2n) is 4.82. The Balaban J connectivity index is 2.76. The summed E-state index contributed by atoms with van der Waals surface area (Å²) >= 11 is 0. The lowest BCUT2D eigenvalue weighted by molar-refractivity contribution is -0.147. The van der Waals surface area contributed by atoms with E-state index in [9.17, 15) is 4.79 Å². The third-order valence-electron chi connectivity index (χ3n) is 2.86. The first-order chi connectivity index (χ1) is 7.36. The van der Waals surface area contributed by atoms with E-state index in [0.717, 1.165) is 0 Å². The molecule has 1 rings (SSSR count). The fourth-order valence-electron chi connectivity index (χ4n) is 1.50. The standard InChI is InChI=1S/C12H20N2O2/c1-9(13-4)10-5-6-14(7-10)8-12(2,3)11(15)16/h5-7,9,13H,8H2,1-4H3,(H,15,16). The Kier molecular flexibility index (Phi) is 3.75. The fourth-order valence-corrected chi connectivity index (χ4v) is 1.50. The molecule has 0 aliphatic carbocycles. The molecule has 1 unspecified atom stereocenters. The fraction of sp³-hybridized carbons (Fsp3) is 0.583. The van der Waals surface area contributed by atoms with Crippen molar-refractivity contribution in [3.8, 4) is 0 Å². The quantitative estimate of drug-likeness (QED) is 0.803. The number of rotatable bonds is 5. The molecule has 0 aliphatic rings. The summed E-state index contributed by atoms with van der Waals surface area (Å²) < 4.78 is 1.93. The Bertz CT molecular complexity index is 369. The summed E-state index contributed by atoms with van der Waals surface area (Å²) in [6, 6.07) is 2.30. The van der Waals surface area contributed by atoms with Crippen molar-refractivity contribution in [3.05, 3.63) is 24.0 Å². The third-order valence-corrected chi connectivity index (χ3v) is 2.86. The van der Waals surface area contributed by atoms with Crippen molar-refractivity contribution in [2.75, 3.05) is 7.05 Å². The first-order valence-electron chi connectivity index (χ1n) is 5.43. The van der Waals surface area contributed by atoms with Gasteiger partial charge in [0.25, 0.3) is 0 Å². The number of carboxylic acids is 1. The monoisotopic (exact) mass is 224 g/mol. The van der Waals surface area contributed by atoms with Gasteiger partial charge in [-0.15, -0.1) is 0 Å². The van der Waals surface area contributed by atoms with E-state index in [-0.39, 0.29) is 6.04 Å². The molecule has 4 heteroatoms. The van der Waals surface area contributed by atoms with Crippen LogP contribution in [0.15, 0.2) is 18.5 Å². The summed E-state index contributed by atoms with van der Waals surface area (Å²) in [7, 11) is 1.91. The molecule has 2 N–H and O–H groups in total. The molecule has 0 bridgehead atoms. The topological polar surface area (TPSA) is 54.3 Å². The highest BCUT2D eigenvalue weighted by molar-refractivity contribution is 5.73. The van der Waals surface area contributed by atoms with Crippen LogP contribution in [0.3, 0.4) is 0 Å². The van der Waals surface area contributed by atoms with Gasteiger partial charge in [-0.05, 0) is 39.4 Å². The van der Waals surface area contributed by atoms with E-state index in [2.05, 4.69) is 12.2 Å². The minimum absolute atomic E-state index is 0.286. The lowest BCUT2D eigenvalue weighted by Crippen LogP contribution is -2.28. The summed E-state index contributed by atoms with van der Waals surface area (Å²) in [4.78, 5) is 11.0. The Morgan fingerprint density at radius 2 is 2.25 bits per heavy atom. The Hall–Kier alpha value is -1.29. The molecule has 0 fully saturated rings. The van der Waals surface area contributed by atoms with Gasteiger partial charge in [0, 0.05) is 25.0 Å². The molecule has 0 saturated heterocycles. The van der Waals surface area contributed by atoms with Crippen molar-refractivity contribution in [2.45, 2.75) is 33.4 Å². The average molecular weight is 224 g/mol. The van der Waals surface area contributed by atoms with Crippen LogP contribution < -0.4 is 5.32 Å². The molecule has 1 aromatic heterocycles. The van der Waals surface area contributed by atoms with Crippen molar-refractivity contribution >= 4 is 5.97 Å². The molecule has 1 atom stereocenters. The maximum absolute atomic E-state index is 11.0. The first kappa shape index (κ1) is 12.8. The lowest BCUT2D eigenvalue weighted by Gasteiger charge is -2.19. The zero-order chi connectivity index (χ0) is 12.3. The zero-order valence-electron chi connectivity index (χ0n) is 10.3. The van der Waals surface area contributed by atoms with Crippen molar-refractivity contribution in [1.29, 1.82) is 0 Å². The van der Waals surface area contributed by atoms with Gasteiger partial charge in [0.2, 0.25) is 0 Å². The molecule has 1 heterocycles. The molecule has 4 nitrogen and oxygen atoms in total. The van der Waals surface area contributed by atoms with Crippen LogP contribution in [-0.4, -0.2) is 22.7 Å². The predicted octanol–water partition coefficient (Wildman–Crippen LogP) is 1.88. The van der Waals surface area contributed by atoms with E-state index < -0.39 is 11.4 Å². The molecule has 0 amide bonds. The van der Waals surface area contributed by atoms with Gasteiger partial charge in [-0.25, -0.2) is 0 Å². The summed E-state index contributed by atoms with van der Waals surface area (Å²) in [6.07, 6.45) is 3.92. The van der Waals surface area contributed by atoms with E-state index in [1.54, 1.807) is 13.8 Å². The first-order valence-corrected chi connectivity index (χ1v) is 5.43. The van der Waals surface area contributed by atoms with Crippen molar-refractivity contribution in [1.82, 2.24) is 9.88 Å². The summed E-state index contributed by atoms with van der Waals surface area (Å²) in [5.74, 6) is -0.774. The molecule has 0 spiro atoms. The van der Waals surface area contributed by atoms with Crippen LogP contribution in [-0.2, 0) is 11.3 Å².